The van der Waals surface area contributed by atoms with E-state index in [1.165, 1.54) is 7.11 Å². The monoisotopic (exact) mass is 250 g/mol. The molecule has 0 aromatic heterocycles. The van der Waals surface area contributed by atoms with Crippen molar-refractivity contribution in [3.05, 3.63) is 23.8 Å². The highest BCUT2D eigenvalue weighted by atomic mass is 16.5. The molecule has 1 aromatic rings. The van der Waals surface area contributed by atoms with Crippen LogP contribution in [-0.2, 0) is 9.47 Å². The molecule has 1 aliphatic heterocycles. The topological polar surface area (TPSA) is 73.6 Å². The molecule has 2 unspecified atom stereocenters. The lowest BCUT2D eigenvalue weighted by atomic mass is 10.1. The highest BCUT2D eigenvalue weighted by molar-refractivity contribution is 5.98. The summed E-state index contributed by atoms with van der Waals surface area (Å²) in [5.41, 5.74) is 7.55. The van der Waals surface area contributed by atoms with Gasteiger partial charge in [0, 0.05) is 6.61 Å². The van der Waals surface area contributed by atoms with Gasteiger partial charge in [0.2, 0.25) is 0 Å². The van der Waals surface area contributed by atoms with Gasteiger partial charge in [-0.3, -0.25) is 0 Å². The Hall–Kier alpha value is -1.75. The van der Waals surface area contributed by atoms with Crippen molar-refractivity contribution in [2.75, 3.05) is 24.8 Å². The number of anilines is 2. The number of benzene rings is 1. The number of methoxy groups -OCH3 is 1. The zero-order valence-electron chi connectivity index (χ0n) is 10.6. The number of nitrogen functional groups attached to an aromatic ring is 1. The third-order valence-corrected chi connectivity index (χ3v) is 3.21. The first-order chi connectivity index (χ1) is 8.63. The second-order valence-electron chi connectivity index (χ2n) is 4.38. The second-order valence-corrected chi connectivity index (χ2v) is 4.38. The van der Waals surface area contributed by atoms with Crippen molar-refractivity contribution in [2.24, 2.45) is 0 Å². The van der Waals surface area contributed by atoms with E-state index >= 15 is 0 Å². The molecule has 1 heterocycles. The number of hydrogen-bond acceptors (Lipinski definition) is 5. The summed E-state index contributed by atoms with van der Waals surface area (Å²) in [6.45, 7) is 2.72. The highest BCUT2D eigenvalue weighted by Gasteiger charge is 2.26. The first kappa shape index (κ1) is 12.7. The molecule has 0 spiro atoms. The van der Waals surface area contributed by atoms with Crippen molar-refractivity contribution in [1.82, 2.24) is 0 Å². The Labute approximate surface area is 106 Å². The normalized spacial score (nSPS) is 22.8. The molecular weight excluding hydrogens is 232 g/mol. The van der Waals surface area contributed by atoms with Crippen LogP contribution >= 0.6 is 0 Å². The van der Waals surface area contributed by atoms with Gasteiger partial charge in [0.1, 0.15) is 0 Å². The van der Waals surface area contributed by atoms with Gasteiger partial charge in [-0.2, -0.15) is 0 Å². The maximum atomic E-state index is 11.7. The van der Waals surface area contributed by atoms with Gasteiger partial charge in [0.15, 0.2) is 0 Å². The average Bonchev–Trinajstić information content (AvgIpc) is 2.76. The fourth-order valence-electron chi connectivity index (χ4n) is 2.12. The summed E-state index contributed by atoms with van der Waals surface area (Å²) in [6.07, 6.45) is 1.01. The summed E-state index contributed by atoms with van der Waals surface area (Å²) in [6, 6.07) is 5.36. The molecule has 1 aliphatic rings. The third-order valence-electron chi connectivity index (χ3n) is 3.21. The number of nitrogens with one attached hydrogen (secondary N) is 1. The smallest absolute Gasteiger partial charge is 0.340 e. The van der Waals surface area contributed by atoms with Gasteiger partial charge in [-0.05, 0) is 25.5 Å². The van der Waals surface area contributed by atoms with Gasteiger partial charge in [-0.15, -0.1) is 0 Å². The Balaban J connectivity index is 2.28. The van der Waals surface area contributed by atoms with E-state index in [1.54, 1.807) is 18.2 Å². The van der Waals surface area contributed by atoms with E-state index in [2.05, 4.69) is 5.32 Å². The summed E-state index contributed by atoms with van der Waals surface area (Å²) >= 11 is 0. The van der Waals surface area contributed by atoms with Crippen LogP contribution in [0.4, 0.5) is 11.4 Å². The summed E-state index contributed by atoms with van der Waals surface area (Å²) in [7, 11) is 1.36. The van der Waals surface area contributed by atoms with Crippen molar-refractivity contribution >= 4 is 17.3 Å². The predicted molar refractivity (Wildman–Crippen MR) is 69.6 cm³/mol. The van der Waals surface area contributed by atoms with E-state index in [4.69, 9.17) is 15.2 Å². The highest BCUT2D eigenvalue weighted by Crippen LogP contribution is 2.27. The summed E-state index contributed by atoms with van der Waals surface area (Å²) < 4.78 is 10.2. The lowest BCUT2D eigenvalue weighted by Crippen LogP contribution is -2.28. The summed E-state index contributed by atoms with van der Waals surface area (Å²) in [4.78, 5) is 11.7. The molecule has 18 heavy (non-hydrogen) atoms. The maximum Gasteiger partial charge on any atom is 0.340 e. The molecular formula is C13H18N2O3. The van der Waals surface area contributed by atoms with Gasteiger partial charge < -0.3 is 20.5 Å². The average molecular weight is 250 g/mol. The van der Waals surface area contributed by atoms with Gasteiger partial charge in [0.25, 0.3) is 0 Å². The van der Waals surface area contributed by atoms with Crippen molar-refractivity contribution in [3.8, 4) is 0 Å². The van der Waals surface area contributed by atoms with E-state index in [-0.39, 0.29) is 12.1 Å². The number of ether oxygens (including phenoxy) is 2. The quantitative estimate of drug-likeness (QED) is 0.630. The maximum absolute atomic E-state index is 11.7. The molecule has 5 heteroatoms. The van der Waals surface area contributed by atoms with Crippen LogP contribution in [0.5, 0.6) is 0 Å². The lowest BCUT2D eigenvalue weighted by Gasteiger charge is -2.20. The third kappa shape index (κ3) is 2.41. The van der Waals surface area contributed by atoms with Crippen molar-refractivity contribution in [2.45, 2.75) is 25.5 Å². The van der Waals surface area contributed by atoms with E-state index < -0.39 is 5.97 Å². The van der Waals surface area contributed by atoms with Crippen LogP contribution in [0.3, 0.4) is 0 Å². The number of hydrogen-bond donors (Lipinski definition) is 2. The van der Waals surface area contributed by atoms with E-state index in [1.807, 2.05) is 6.92 Å². The van der Waals surface area contributed by atoms with E-state index in [9.17, 15) is 4.79 Å². The fraction of sp³-hybridized carbons (Fsp3) is 0.462. The Bertz CT molecular complexity index is 448. The first-order valence-electron chi connectivity index (χ1n) is 5.98. The Kier molecular flexibility index (Phi) is 3.72. The second kappa shape index (κ2) is 5.27. The Morgan fingerprint density at radius 3 is 2.94 bits per heavy atom. The van der Waals surface area contributed by atoms with Crippen molar-refractivity contribution in [1.29, 1.82) is 0 Å². The van der Waals surface area contributed by atoms with Crippen LogP contribution in [-0.4, -0.2) is 31.8 Å². The van der Waals surface area contributed by atoms with Crippen LogP contribution in [0.2, 0.25) is 0 Å². The Morgan fingerprint density at radius 1 is 1.56 bits per heavy atom. The molecule has 98 valence electrons. The van der Waals surface area contributed by atoms with Gasteiger partial charge >= 0.3 is 5.97 Å². The fourth-order valence-corrected chi connectivity index (χ4v) is 2.12. The lowest BCUT2D eigenvalue weighted by molar-refractivity contribution is 0.0601. The van der Waals surface area contributed by atoms with Gasteiger partial charge in [-0.1, -0.05) is 6.07 Å². The largest absolute Gasteiger partial charge is 0.465 e. The summed E-state index contributed by atoms with van der Waals surface area (Å²) in [5, 5.41) is 3.29. The first-order valence-corrected chi connectivity index (χ1v) is 5.98. The van der Waals surface area contributed by atoms with Crippen LogP contribution < -0.4 is 11.1 Å². The number of carbonyl (C=O) groups excluding carboxylic acids is 1. The molecule has 0 bridgehead atoms. The van der Waals surface area contributed by atoms with Crippen molar-refractivity contribution in [3.63, 3.8) is 0 Å². The Morgan fingerprint density at radius 2 is 2.33 bits per heavy atom. The van der Waals surface area contributed by atoms with E-state index in [0.717, 1.165) is 13.0 Å². The minimum Gasteiger partial charge on any atom is -0.465 e. The number of nitrogens with two attached hydrogens (primary N) is 1. The molecule has 1 fully saturated rings. The predicted octanol–water partition coefficient (Wildman–Crippen LogP) is 1.64. The molecule has 2 atom stereocenters. The summed E-state index contributed by atoms with van der Waals surface area (Å²) in [5.74, 6) is -0.392. The molecule has 0 saturated carbocycles. The van der Waals surface area contributed by atoms with Crippen LogP contribution in [0.25, 0.3) is 0 Å². The molecule has 0 aliphatic carbocycles. The molecule has 3 N–H and O–H groups in total. The molecule has 5 nitrogen and oxygen atoms in total. The number of carbonyl (C=O) groups is 1. The van der Waals surface area contributed by atoms with Crippen molar-refractivity contribution < 1.29 is 14.3 Å². The molecule has 1 saturated heterocycles. The number of esters is 1. The van der Waals surface area contributed by atoms with Crippen LogP contribution in [0.15, 0.2) is 18.2 Å². The molecule has 0 amide bonds. The molecule has 2 rings (SSSR count). The zero-order valence-corrected chi connectivity index (χ0v) is 10.6. The SMILES string of the molecule is COC(=O)c1cccc(N)c1NC1CCOC1C. The number of rotatable bonds is 3. The zero-order chi connectivity index (χ0) is 13.1. The molecule has 0 radical (unpaired) electrons. The molecule has 1 aromatic carbocycles. The minimum atomic E-state index is -0.392. The van der Waals surface area contributed by atoms with E-state index in [0.29, 0.717) is 16.9 Å². The van der Waals surface area contributed by atoms with Crippen LogP contribution in [0, 0.1) is 0 Å². The minimum absolute atomic E-state index is 0.107. The standard InChI is InChI=1S/C13H18N2O3/c1-8-11(6-7-18-8)15-12-9(13(16)17-2)4-3-5-10(12)14/h3-5,8,11,15H,6-7,14H2,1-2H3. The van der Waals surface area contributed by atoms with Crippen LogP contribution in [0.1, 0.15) is 23.7 Å². The van der Waals surface area contributed by atoms with Gasteiger partial charge in [0.05, 0.1) is 36.2 Å². The number of para-hydroxylation sites is 1. The van der Waals surface area contributed by atoms with Gasteiger partial charge in [-0.25, -0.2) is 4.79 Å².